The standard InChI is InChI=1S/C13H7ClFNOS/c14-11-5-6-18-13(11)12(17)10(7-16)8-1-3-9(15)4-2-8/h1-6,10H. The molecule has 0 N–H and O–H groups in total. The Hall–Kier alpha value is -1.70. The third kappa shape index (κ3) is 2.42. The van der Waals surface area contributed by atoms with Crippen molar-refractivity contribution in [2.45, 2.75) is 5.92 Å². The zero-order chi connectivity index (χ0) is 13.1. The normalized spacial score (nSPS) is 11.8. The molecule has 0 fully saturated rings. The van der Waals surface area contributed by atoms with Gasteiger partial charge < -0.3 is 0 Å². The number of hydrogen-bond donors (Lipinski definition) is 0. The molecule has 0 spiro atoms. The molecule has 0 aliphatic heterocycles. The number of hydrogen-bond acceptors (Lipinski definition) is 3. The number of nitriles is 1. The molecule has 1 aromatic carbocycles. The van der Waals surface area contributed by atoms with Crippen LogP contribution in [0.3, 0.4) is 0 Å². The lowest BCUT2D eigenvalue weighted by atomic mass is 9.95. The van der Waals surface area contributed by atoms with Crippen LogP contribution < -0.4 is 0 Å². The number of rotatable bonds is 3. The molecule has 1 atom stereocenters. The van der Waals surface area contributed by atoms with Gasteiger partial charge in [0.05, 0.1) is 16.0 Å². The second kappa shape index (κ2) is 5.30. The lowest BCUT2D eigenvalue weighted by Crippen LogP contribution is -2.10. The van der Waals surface area contributed by atoms with Gasteiger partial charge in [-0.25, -0.2) is 4.39 Å². The molecule has 1 aromatic heterocycles. The number of nitrogens with zero attached hydrogens (tertiary/aromatic N) is 1. The van der Waals surface area contributed by atoms with Gasteiger partial charge in [-0.1, -0.05) is 23.7 Å². The van der Waals surface area contributed by atoms with Crippen molar-refractivity contribution in [1.82, 2.24) is 0 Å². The minimum absolute atomic E-state index is 0.340. The maximum atomic E-state index is 12.8. The monoisotopic (exact) mass is 279 g/mol. The SMILES string of the molecule is N#CC(C(=O)c1sccc1Cl)c1ccc(F)cc1. The summed E-state index contributed by atoms with van der Waals surface area (Å²) in [7, 11) is 0. The predicted octanol–water partition coefficient (Wildman–Crippen LogP) is 4.03. The molecule has 0 saturated heterocycles. The van der Waals surface area contributed by atoms with Gasteiger partial charge in [-0.3, -0.25) is 4.79 Å². The predicted molar refractivity (Wildman–Crippen MR) is 68.4 cm³/mol. The molecule has 0 aliphatic carbocycles. The van der Waals surface area contributed by atoms with E-state index in [0.29, 0.717) is 15.5 Å². The Kier molecular flexibility index (Phi) is 3.75. The highest BCUT2D eigenvalue weighted by Gasteiger charge is 2.24. The van der Waals surface area contributed by atoms with Gasteiger partial charge in [0.1, 0.15) is 11.7 Å². The summed E-state index contributed by atoms with van der Waals surface area (Å²) >= 11 is 7.06. The smallest absolute Gasteiger partial charge is 0.195 e. The highest BCUT2D eigenvalue weighted by molar-refractivity contribution is 7.12. The van der Waals surface area contributed by atoms with Crippen molar-refractivity contribution >= 4 is 28.7 Å². The molecule has 18 heavy (non-hydrogen) atoms. The number of carbonyl (C=O) groups is 1. The van der Waals surface area contributed by atoms with Crippen molar-refractivity contribution in [2.24, 2.45) is 0 Å². The molecule has 0 bridgehead atoms. The Bertz CT molecular complexity index is 615. The molecule has 2 aromatic rings. The van der Waals surface area contributed by atoms with Gasteiger partial charge in [0, 0.05) is 0 Å². The van der Waals surface area contributed by atoms with Gasteiger partial charge in [0.2, 0.25) is 0 Å². The quantitative estimate of drug-likeness (QED) is 0.796. The van der Waals surface area contributed by atoms with Crippen LogP contribution in [0.25, 0.3) is 0 Å². The Morgan fingerprint density at radius 1 is 1.33 bits per heavy atom. The fourth-order valence-corrected chi connectivity index (χ4v) is 2.66. The van der Waals surface area contributed by atoms with Crippen LogP contribution in [0.5, 0.6) is 0 Å². The minimum Gasteiger partial charge on any atom is -0.291 e. The van der Waals surface area contributed by atoms with E-state index in [1.165, 1.54) is 35.6 Å². The van der Waals surface area contributed by atoms with E-state index in [2.05, 4.69) is 0 Å². The molecule has 1 unspecified atom stereocenters. The summed E-state index contributed by atoms with van der Waals surface area (Å²) in [6.07, 6.45) is 0. The van der Waals surface area contributed by atoms with Gasteiger partial charge in [-0.05, 0) is 29.1 Å². The van der Waals surface area contributed by atoms with Crippen LogP contribution in [0.1, 0.15) is 21.2 Å². The summed E-state index contributed by atoms with van der Waals surface area (Å²) in [5.74, 6) is -1.72. The summed E-state index contributed by atoms with van der Waals surface area (Å²) in [6.45, 7) is 0. The lowest BCUT2D eigenvalue weighted by molar-refractivity contribution is 0.0983. The van der Waals surface area contributed by atoms with Crippen LogP contribution in [-0.4, -0.2) is 5.78 Å². The topological polar surface area (TPSA) is 40.9 Å². The maximum absolute atomic E-state index is 12.8. The molecule has 5 heteroatoms. The molecular formula is C13H7ClFNOS. The summed E-state index contributed by atoms with van der Waals surface area (Å²) in [6, 6.07) is 8.86. The number of benzene rings is 1. The second-order valence-electron chi connectivity index (χ2n) is 3.58. The number of thiophene rings is 1. The largest absolute Gasteiger partial charge is 0.291 e. The molecule has 0 amide bonds. The Morgan fingerprint density at radius 3 is 2.50 bits per heavy atom. The van der Waals surface area contributed by atoms with Crippen LogP contribution >= 0.6 is 22.9 Å². The molecule has 1 heterocycles. The zero-order valence-electron chi connectivity index (χ0n) is 9.06. The first-order valence-electron chi connectivity index (χ1n) is 5.05. The van der Waals surface area contributed by atoms with Crippen LogP contribution in [0.15, 0.2) is 35.7 Å². The van der Waals surface area contributed by atoms with Gasteiger partial charge >= 0.3 is 0 Å². The lowest BCUT2D eigenvalue weighted by Gasteiger charge is -2.07. The minimum atomic E-state index is -0.957. The van der Waals surface area contributed by atoms with Crippen molar-refractivity contribution in [1.29, 1.82) is 5.26 Å². The third-order valence-corrected chi connectivity index (χ3v) is 3.79. The van der Waals surface area contributed by atoms with Gasteiger partial charge in [0.25, 0.3) is 0 Å². The van der Waals surface area contributed by atoms with E-state index in [9.17, 15) is 9.18 Å². The Balaban J connectivity index is 2.36. The Morgan fingerprint density at radius 2 is 2.00 bits per heavy atom. The van der Waals surface area contributed by atoms with E-state index >= 15 is 0 Å². The number of ketones is 1. The number of carbonyl (C=O) groups excluding carboxylic acids is 1. The highest BCUT2D eigenvalue weighted by atomic mass is 35.5. The summed E-state index contributed by atoms with van der Waals surface area (Å²) < 4.78 is 12.8. The summed E-state index contributed by atoms with van der Waals surface area (Å²) in [5, 5.41) is 11.1. The van der Waals surface area contributed by atoms with Crippen molar-refractivity contribution < 1.29 is 9.18 Å². The van der Waals surface area contributed by atoms with E-state index in [-0.39, 0.29) is 5.78 Å². The van der Waals surface area contributed by atoms with Gasteiger partial charge in [0.15, 0.2) is 5.78 Å². The molecule has 0 saturated carbocycles. The van der Waals surface area contributed by atoms with Gasteiger partial charge in [-0.2, -0.15) is 5.26 Å². The number of halogens is 2. The van der Waals surface area contributed by atoms with E-state index < -0.39 is 11.7 Å². The molecular weight excluding hydrogens is 273 g/mol. The molecule has 2 rings (SSSR count). The summed E-state index contributed by atoms with van der Waals surface area (Å²) in [5.41, 5.74) is 0.466. The van der Waals surface area contributed by atoms with Crippen molar-refractivity contribution in [3.63, 3.8) is 0 Å². The first-order chi connectivity index (χ1) is 8.63. The third-order valence-electron chi connectivity index (χ3n) is 2.44. The second-order valence-corrected chi connectivity index (χ2v) is 4.90. The van der Waals surface area contributed by atoms with Crippen LogP contribution in [0, 0.1) is 17.1 Å². The first kappa shape index (κ1) is 12.7. The zero-order valence-corrected chi connectivity index (χ0v) is 10.6. The average Bonchev–Trinajstić information content (AvgIpc) is 2.78. The number of Topliss-reactive ketones (excluding diaryl/α,β-unsaturated/α-hetero) is 1. The summed E-state index contributed by atoms with van der Waals surface area (Å²) in [4.78, 5) is 12.5. The van der Waals surface area contributed by atoms with Crippen LogP contribution in [0.4, 0.5) is 4.39 Å². The van der Waals surface area contributed by atoms with Crippen molar-refractivity contribution in [3.8, 4) is 6.07 Å². The van der Waals surface area contributed by atoms with Crippen molar-refractivity contribution in [3.05, 3.63) is 57.0 Å². The van der Waals surface area contributed by atoms with Crippen LogP contribution in [0.2, 0.25) is 5.02 Å². The molecule has 0 aliphatic rings. The van der Waals surface area contributed by atoms with E-state index in [1.54, 1.807) is 11.4 Å². The van der Waals surface area contributed by atoms with E-state index in [4.69, 9.17) is 16.9 Å². The van der Waals surface area contributed by atoms with E-state index in [0.717, 1.165) is 0 Å². The first-order valence-corrected chi connectivity index (χ1v) is 6.31. The molecule has 90 valence electrons. The van der Waals surface area contributed by atoms with E-state index in [1.807, 2.05) is 6.07 Å². The highest BCUT2D eigenvalue weighted by Crippen LogP contribution is 2.28. The Labute approximate surface area is 112 Å². The van der Waals surface area contributed by atoms with Crippen molar-refractivity contribution in [2.75, 3.05) is 0 Å². The molecule has 2 nitrogen and oxygen atoms in total. The fraction of sp³-hybridized carbons (Fsp3) is 0.0769. The van der Waals surface area contributed by atoms with Crippen LogP contribution in [-0.2, 0) is 0 Å². The van der Waals surface area contributed by atoms with Gasteiger partial charge in [-0.15, -0.1) is 11.3 Å². The fourth-order valence-electron chi connectivity index (χ4n) is 1.54. The molecule has 0 radical (unpaired) electrons. The average molecular weight is 280 g/mol. The maximum Gasteiger partial charge on any atom is 0.195 e.